The molecule has 2 aliphatic rings. The van der Waals surface area contributed by atoms with Gasteiger partial charge in [-0.15, -0.1) is 0 Å². The lowest BCUT2D eigenvalue weighted by atomic mass is 9.74. The molecule has 2 saturated heterocycles. The normalized spacial score (nSPS) is 36.5. The van der Waals surface area contributed by atoms with Gasteiger partial charge in [0.05, 0.1) is 0 Å². The molecule has 0 aromatic carbocycles. The van der Waals surface area contributed by atoms with E-state index in [0.29, 0.717) is 6.54 Å². The van der Waals surface area contributed by atoms with Crippen LogP contribution in [0.3, 0.4) is 0 Å². The minimum Gasteiger partial charge on any atom is -0.465 e. The molecule has 0 aromatic heterocycles. The molecule has 0 radical (unpaired) electrons. The Morgan fingerprint density at radius 3 is 2.57 bits per heavy atom. The van der Waals surface area contributed by atoms with Gasteiger partial charge in [0.15, 0.2) is 0 Å². The maximum Gasteiger partial charge on any atom is 0.407 e. The minimum atomic E-state index is -0.775. The number of likely N-dealkylation sites (tertiary alicyclic amines) is 1. The average molecular weight is 198 g/mol. The molecule has 0 aliphatic carbocycles. The lowest BCUT2D eigenvalue weighted by molar-refractivity contribution is 0.102. The summed E-state index contributed by atoms with van der Waals surface area (Å²) in [6.07, 6.45) is 0.186. The second kappa shape index (κ2) is 2.63. The van der Waals surface area contributed by atoms with Crippen molar-refractivity contribution < 1.29 is 9.90 Å². The molecule has 14 heavy (non-hydrogen) atoms. The second-order valence-electron chi connectivity index (χ2n) is 5.48. The first-order valence-corrected chi connectivity index (χ1v) is 5.10. The van der Waals surface area contributed by atoms with Crippen molar-refractivity contribution in [3.8, 4) is 0 Å². The third-order valence-corrected chi connectivity index (χ3v) is 3.82. The molecular weight excluding hydrogens is 180 g/mol. The molecule has 2 bridgehead atoms. The van der Waals surface area contributed by atoms with E-state index in [1.54, 1.807) is 4.90 Å². The Hall–Kier alpha value is -0.770. The fourth-order valence-electron chi connectivity index (χ4n) is 2.65. The first kappa shape index (κ1) is 9.77. The van der Waals surface area contributed by atoms with Crippen molar-refractivity contribution in [1.29, 1.82) is 0 Å². The lowest BCUT2D eigenvalue weighted by Gasteiger charge is -2.42. The van der Waals surface area contributed by atoms with Crippen LogP contribution in [0.2, 0.25) is 0 Å². The molecular formula is C10H18N2O2. The zero-order chi connectivity index (χ0) is 10.6. The minimum absolute atomic E-state index is 0.00391. The van der Waals surface area contributed by atoms with Crippen molar-refractivity contribution in [1.82, 2.24) is 10.2 Å². The van der Waals surface area contributed by atoms with Crippen LogP contribution >= 0.6 is 0 Å². The highest BCUT2D eigenvalue weighted by atomic mass is 16.4. The summed E-state index contributed by atoms with van der Waals surface area (Å²) < 4.78 is 0. The van der Waals surface area contributed by atoms with E-state index in [2.05, 4.69) is 26.1 Å². The second-order valence-corrected chi connectivity index (χ2v) is 5.48. The van der Waals surface area contributed by atoms with Gasteiger partial charge in [0.1, 0.15) is 0 Å². The van der Waals surface area contributed by atoms with Crippen molar-refractivity contribution in [3.63, 3.8) is 0 Å². The molecule has 2 atom stereocenters. The number of carbonyl (C=O) groups is 1. The van der Waals surface area contributed by atoms with E-state index in [1.165, 1.54) is 0 Å². The molecule has 80 valence electrons. The van der Waals surface area contributed by atoms with Gasteiger partial charge in [-0.25, -0.2) is 4.79 Å². The average Bonchev–Trinajstić information content (AvgIpc) is 2.59. The van der Waals surface area contributed by atoms with Crippen LogP contribution in [0.1, 0.15) is 27.2 Å². The molecule has 4 heteroatoms. The van der Waals surface area contributed by atoms with Gasteiger partial charge in [-0.3, -0.25) is 0 Å². The number of amides is 1. The number of rotatable bonds is 0. The summed E-state index contributed by atoms with van der Waals surface area (Å²) in [7, 11) is 0. The number of hydrogen-bond donors (Lipinski definition) is 2. The number of piperazine rings is 1. The first-order chi connectivity index (χ1) is 6.36. The van der Waals surface area contributed by atoms with Crippen molar-refractivity contribution in [2.45, 2.75) is 38.8 Å². The van der Waals surface area contributed by atoms with Gasteiger partial charge in [-0.1, -0.05) is 20.8 Å². The van der Waals surface area contributed by atoms with Gasteiger partial charge >= 0.3 is 6.09 Å². The molecule has 2 heterocycles. The van der Waals surface area contributed by atoms with Gasteiger partial charge in [-0.2, -0.15) is 0 Å². The van der Waals surface area contributed by atoms with Gasteiger partial charge in [0.25, 0.3) is 0 Å². The highest BCUT2D eigenvalue weighted by Gasteiger charge is 2.56. The molecule has 0 unspecified atom stereocenters. The third-order valence-electron chi connectivity index (χ3n) is 3.82. The zero-order valence-corrected chi connectivity index (χ0v) is 9.00. The summed E-state index contributed by atoms with van der Waals surface area (Å²) in [6.45, 7) is 7.97. The Morgan fingerprint density at radius 1 is 1.57 bits per heavy atom. The van der Waals surface area contributed by atoms with Crippen molar-refractivity contribution in [2.75, 3.05) is 13.1 Å². The van der Waals surface area contributed by atoms with E-state index in [0.717, 1.165) is 13.0 Å². The quantitative estimate of drug-likeness (QED) is 0.613. The summed E-state index contributed by atoms with van der Waals surface area (Å²) in [5.41, 5.74) is 0.113. The summed E-state index contributed by atoms with van der Waals surface area (Å²) in [6, 6.07) is 0.187. The Kier molecular flexibility index (Phi) is 1.83. The van der Waals surface area contributed by atoms with E-state index in [-0.39, 0.29) is 17.0 Å². The van der Waals surface area contributed by atoms with E-state index in [9.17, 15) is 4.79 Å². The molecule has 2 N–H and O–H groups in total. The Labute approximate surface area is 84.3 Å². The van der Waals surface area contributed by atoms with Crippen LogP contribution in [0.5, 0.6) is 0 Å². The number of nitrogens with one attached hydrogen (secondary N) is 1. The van der Waals surface area contributed by atoms with Crippen LogP contribution < -0.4 is 5.32 Å². The number of carboxylic acid groups (broad SMARTS) is 1. The van der Waals surface area contributed by atoms with Crippen LogP contribution in [-0.4, -0.2) is 40.8 Å². The molecule has 0 spiro atoms. The van der Waals surface area contributed by atoms with Crippen LogP contribution in [0.25, 0.3) is 0 Å². The molecule has 2 aliphatic heterocycles. The topological polar surface area (TPSA) is 52.6 Å². The standard InChI is InChI=1S/C10H18N2O2/c1-9(2,3)10-4-7(5-11-10)12(6-10)8(13)14/h7,11H,4-6H2,1-3H3,(H,13,14)/t7-,10+/m0/s1. The predicted octanol–water partition coefficient (Wildman–Crippen LogP) is 1.13. The molecule has 0 aromatic rings. The van der Waals surface area contributed by atoms with Crippen LogP contribution in [-0.2, 0) is 0 Å². The Bertz CT molecular complexity index is 272. The van der Waals surface area contributed by atoms with Crippen LogP contribution in [0, 0.1) is 5.41 Å². The lowest BCUT2D eigenvalue weighted by Crippen LogP contribution is -2.58. The number of fused-ring (bicyclic) bond motifs is 2. The molecule has 2 rings (SSSR count). The zero-order valence-electron chi connectivity index (χ0n) is 9.00. The maximum absolute atomic E-state index is 11.0. The third kappa shape index (κ3) is 1.13. The first-order valence-electron chi connectivity index (χ1n) is 5.10. The Balaban J connectivity index is 2.23. The van der Waals surface area contributed by atoms with Gasteiger partial charge in [-0.05, 0) is 11.8 Å². The van der Waals surface area contributed by atoms with Gasteiger partial charge in [0.2, 0.25) is 0 Å². The van der Waals surface area contributed by atoms with E-state index in [1.807, 2.05) is 0 Å². The number of nitrogens with zero attached hydrogens (tertiary/aromatic N) is 1. The maximum atomic E-state index is 11.0. The van der Waals surface area contributed by atoms with Crippen molar-refractivity contribution in [3.05, 3.63) is 0 Å². The summed E-state index contributed by atoms with van der Waals surface area (Å²) in [5, 5.41) is 12.5. The van der Waals surface area contributed by atoms with Crippen LogP contribution in [0.15, 0.2) is 0 Å². The highest BCUT2D eigenvalue weighted by Crippen LogP contribution is 2.44. The monoisotopic (exact) mass is 198 g/mol. The summed E-state index contributed by atoms with van der Waals surface area (Å²) in [5.74, 6) is 0. The number of hydrogen-bond acceptors (Lipinski definition) is 2. The van der Waals surface area contributed by atoms with E-state index in [4.69, 9.17) is 5.11 Å². The molecule has 0 saturated carbocycles. The largest absolute Gasteiger partial charge is 0.465 e. The van der Waals surface area contributed by atoms with Crippen molar-refractivity contribution in [2.24, 2.45) is 5.41 Å². The SMILES string of the molecule is CC(C)(C)[C@]12C[C@@H](CN1)N(C(=O)O)C2. The molecule has 1 amide bonds. The fraction of sp³-hybridized carbons (Fsp3) is 0.900. The summed E-state index contributed by atoms with van der Waals surface area (Å²) >= 11 is 0. The van der Waals surface area contributed by atoms with E-state index >= 15 is 0 Å². The van der Waals surface area contributed by atoms with Gasteiger partial charge < -0.3 is 15.3 Å². The van der Waals surface area contributed by atoms with E-state index < -0.39 is 6.09 Å². The van der Waals surface area contributed by atoms with Crippen molar-refractivity contribution >= 4 is 6.09 Å². The highest BCUT2D eigenvalue weighted by molar-refractivity contribution is 5.66. The van der Waals surface area contributed by atoms with Gasteiger partial charge in [0, 0.05) is 24.7 Å². The molecule has 4 nitrogen and oxygen atoms in total. The molecule has 2 fully saturated rings. The smallest absolute Gasteiger partial charge is 0.407 e. The van der Waals surface area contributed by atoms with Crippen LogP contribution in [0.4, 0.5) is 4.79 Å². The Morgan fingerprint density at radius 2 is 2.21 bits per heavy atom. The summed E-state index contributed by atoms with van der Waals surface area (Å²) in [4.78, 5) is 12.5. The predicted molar refractivity (Wildman–Crippen MR) is 53.3 cm³/mol. The fourth-order valence-corrected chi connectivity index (χ4v) is 2.65.